The molecule has 24 heavy (non-hydrogen) atoms. The first-order valence-corrected chi connectivity index (χ1v) is 7.79. The monoisotopic (exact) mass is 367 g/mol. The molecule has 3 amide bonds. The predicted octanol–water partition coefficient (Wildman–Crippen LogP) is 4.36. The number of hydrogen-bond acceptors (Lipinski definition) is 3. The lowest BCUT2D eigenvalue weighted by Gasteiger charge is -2.10. The lowest BCUT2D eigenvalue weighted by molar-refractivity contribution is 0.162. The average molecular weight is 368 g/mol. The first-order chi connectivity index (χ1) is 11.6. The van der Waals surface area contributed by atoms with Crippen LogP contribution in [0.1, 0.15) is 0 Å². The maximum absolute atomic E-state index is 11.7. The third kappa shape index (κ3) is 5.64. The number of carbonyl (C=O) groups is 2. The number of ether oxygens (including phenoxy) is 1. The van der Waals surface area contributed by atoms with Crippen LogP contribution in [0.25, 0.3) is 0 Å². The Balaban J connectivity index is 1.67. The van der Waals surface area contributed by atoms with Gasteiger partial charge in [-0.15, -0.1) is 0 Å². The van der Waals surface area contributed by atoms with Crippen LogP contribution in [0.3, 0.4) is 0 Å². The van der Waals surface area contributed by atoms with Gasteiger partial charge < -0.3 is 15.4 Å². The first kappa shape index (κ1) is 17.9. The number of halogens is 2. The van der Waals surface area contributed by atoms with Crippen molar-refractivity contribution in [1.82, 2.24) is 5.32 Å². The molecule has 126 valence electrons. The van der Waals surface area contributed by atoms with Crippen LogP contribution in [-0.2, 0) is 4.74 Å². The third-order valence-corrected chi connectivity index (χ3v) is 3.51. The Morgan fingerprint density at radius 3 is 2.00 bits per heavy atom. The van der Waals surface area contributed by atoms with Gasteiger partial charge >= 0.3 is 12.1 Å². The van der Waals surface area contributed by atoms with Crippen molar-refractivity contribution in [2.24, 2.45) is 0 Å². The van der Waals surface area contributed by atoms with E-state index in [0.717, 1.165) is 0 Å². The summed E-state index contributed by atoms with van der Waals surface area (Å²) < 4.78 is 4.95. The molecule has 0 heterocycles. The number of nitrogens with one attached hydrogen (secondary N) is 3. The van der Waals surface area contributed by atoms with Crippen molar-refractivity contribution in [1.29, 1.82) is 0 Å². The summed E-state index contributed by atoms with van der Waals surface area (Å²) in [5.74, 6) is 0. The van der Waals surface area contributed by atoms with Gasteiger partial charge in [-0.3, -0.25) is 5.32 Å². The quantitative estimate of drug-likeness (QED) is 0.686. The van der Waals surface area contributed by atoms with Crippen molar-refractivity contribution >= 4 is 46.7 Å². The van der Waals surface area contributed by atoms with Crippen molar-refractivity contribution in [3.63, 3.8) is 0 Å². The van der Waals surface area contributed by atoms with E-state index in [4.69, 9.17) is 27.9 Å². The molecule has 0 aliphatic rings. The fourth-order valence-electron chi connectivity index (χ4n) is 1.75. The normalized spacial score (nSPS) is 9.92. The van der Waals surface area contributed by atoms with E-state index in [9.17, 15) is 9.59 Å². The molecule has 2 aromatic rings. The van der Waals surface area contributed by atoms with Crippen LogP contribution in [0.2, 0.25) is 10.0 Å². The van der Waals surface area contributed by atoms with Gasteiger partial charge in [0.15, 0.2) is 0 Å². The lowest BCUT2D eigenvalue weighted by Crippen LogP contribution is -2.32. The number of urea groups is 1. The number of benzene rings is 2. The van der Waals surface area contributed by atoms with Crippen molar-refractivity contribution in [3.8, 4) is 0 Å². The second kappa shape index (κ2) is 9.00. The highest BCUT2D eigenvalue weighted by molar-refractivity contribution is 6.34. The molecule has 2 aromatic carbocycles. The van der Waals surface area contributed by atoms with Gasteiger partial charge in [-0.05, 0) is 24.3 Å². The molecule has 2 rings (SSSR count). The second-order valence-electron chi connectivity index (χ2n) is 4.60. The predicted molar refractivity (Wildman–Crippen MR) is 94.9 cm³/mol. The molecule has 0 radical (unpaired) electrons. The molecule has 0 saturated carbocycles. The summed E-state index contributed by atoms with van der Waals surface area (Å²) in [6, 6.07) is 13.2. The molecule has 3 N–H and O–H groups in total. The summed E-state index contributed by atoms with van der Waals surface area (Å²) in [5, 5.41) is 8.49. The average Bonchev–Trinajstić information content (AvgIpc) is 2.56. The van der Waals surface area contributed by atoms with E-state index in [-0.39, 0.29) is 13.2 Å². The second-order valence-corrected chi connectivity index (χ2v) is 5.42. The van der Waals surface area contributed by atoms with Crippen LogP contribution in [0.15, 0.2) is 48.5 Å². The summed E-state index contributed by atoms with van der Waals surface area (Å²) in [6.45, 7) is 0.151. The molecule has 0 bridgehead atoms. The summed E-state index contributed by atoms with van der Waals surface area (Å²) in [4.78, 5) is 23.3. The van der Waals surface area contributed by atoms with Crippen LogP contribution in [0.5, 0.6) is 0 Å². The van der Waals surface area contributed by atoms with Crippen molar-refractivity contribution in [2.75, 3.05) is 23.8 Å². The fraction of sp³-hybridized carbons (Fsp3) is 0.125. The van der Waals surface area contributed by atoms with Crippen LogP contribution >= 0.6 is 23.2 Å². The smallest absolute Gasteiger partial charge is 0.411 e. The summed E-state index contributed by atoms with van der Waals surface area (Å²) >= 11 is 11.8. The van der Waals surface area contributed by atoms with Gasteiger partial charge in [0.25, 0.3) is 0 Å². The van der Waals surface area contributed by atoms with E-state index in [1.807, 2.05) is 0 Å². The van der Waals surface area contributed by atoms with Crippen LogP contribution in [0, 0.1) is 0 Å². The van der Waals surface area contributed by atoms with Crippen molar-refractivity contribution in [2.45, 2.75) is 0 Å². The number of hydrogen-bond donors (Lipinski definition) is 3. The lowest BCUT2D eigenvalue weighted by atomic mass is 10.3. The standard InChI is InChI=1S/C16H15Cl2N3O3/c17-11-5-1-3-7-13(11)20-15(22)19-9-10-24-16(23)21-14-8-4-2-6-12(14)18/h1-8H,9-10H2,(H,21,23)(H2,19,20,22). The largest absolute Gasteiger partial charge is 0.447 e. The summed E-state index contributed by atoms with van der Waals surface area (Å²) in [6.07, 6.45) is -0.656. The Labute approximate surface area is 149 Å². The minimum atomic E-state index is -0.656. The zero-order chi connectivity index (χ0) is 17.4. The molecule has 0 atom stereocenters. The maximum atomic E-state index is 11.7. The zero-order valence-corrected chi connectivity index (χ0v) is 14.0. The number of carbonyl (C=O) groups excluding carboxylic acids is 2. The Hall–Kier alpha value is -2.44. The van der Waals surface area contributed by atoms with Gasteiger partial charge in [-0.1, -0.05) is 47.5 Å². The SMILES string of the molecule is O=C(NCCOC(=O)Nc1ccccc1Cl)Nc1ccccc1Cl. The van der Waals surface area contributed by atoms with E-state index >= 15 is 0 Å². The van der Waals surface area contributed by atoms with Gasteiger partial charge in [0.1, 0.15) is 6.61 Å². The highest BCUT2D eigenvalue weighted by Crippen LogP contribution is 2.21. The molecule has 0 unspecified atom stereocenters. The molecule has 0 aliphatic heterocycles. The molecule has 0 spiro atoms. The maximum Gasteiger partial charge on any atom is 0.411 e. The molecular formula is C16H15Cl2N3O3. The molecule has 8 heteroatoms. The van der Waals surface area contributed by atoms with Crippen molar-refractivity contribution < 1.29 is 14.3 Å². The van der Waals surface area contributed by atoms with E-state index in [1.54, 1.807) is 48.5 Å². The van der Waals surface area contributed by atoms with Crippen LogP contribution < -0.4 is 16.0 Å². The van der Waals surface area contributed by atoms with Crippen molar-refractivity contribution in [3.05, 3.63) is 58.6 Å². The third-order valence-electron chi connectivity index (χ3n) is 2.85. The van der Waals surface area contributed by atoms with Gasteiger partial charge in [0, 0.05) is 0 Å². The van der Waals surface area contributed by atoms with Gasteiger partial charge in [0.05, 0.1) is 28.0 Å². The van der Waals surface area contributed by atoms with Gasteiger partial charge in [-0.2, -0.15) is 0 Å². The topological polar surface area (TPSA) is 79.5 Å². The van der Waals surface area contributed by atoms with E-state index < -0.39 is 12.1 Å². The fourth-order valence-corrected chi connectivity index (χ4v) is 2.11. The molecular weight excluding hydrogens is 353 g/mol. The van der Waals surface area contributed by atoms with Gasteiger partial charge in [-0.25, -0.2) is 9.59 Å². The zero-order valence-electron chi connectivity index (χ0n) is 12.5. The Kier molecular flexibility index (Phi) is 6.72. The number of rotatable bonds is 5. The molecule has 0 aromatic heterocycles. The van der Waals surface area contributed by atoms with Crippen LogP contribution in [-0.4, -0.2) is 25.3 Å². The molecule has 0 aliphatic carbocycles. The molecule has 0 fully saturated rings. The summed E-state index contributed by atoms with van der Waals surface area (Å²) in [5.41, 5.74) is 0.947. The number of para-hydroxylation sites is 2. The highest BCUT2D eigenvalue weighted by Gasteiger charge is 2.07. The van der Waals surface area contributed by atoms with E-state index in [0.29, 0.717) is 21.4 Å². The van der Waals surface area contributed by atoms with E-state index in [1.165, 1.54) is 0 Å². The Bertz CT molecular complexity index is 664. The first-order valence-electron chi connectivity index (χ1n) is 7.04. The number of anilines is 2. The number of amides is 3. The molecule has 6 nitrogen and oxygen atoms in total. The molecule has 0 saturated heterocycles. The Morgan fingerprint density at radius 2 is 1.42 bits per heavy atom. The van der Waals surface area contributed by atoms with Crippen LogP contribution in [0.4, 0.5) is 21.0 Å². The summed E-state index contributed by atoms with van der Waals surface area (Å²) in [7, 11) is 0. The minimum Gasteiger partial charge on any atom is -0.447 e. The Morgan fingerprint density at radius 1 is 0.875 bits per heavy atom. The highest BCUT2D eigenvalue weighted by atomic mass is 35.5. The van der Waals surface area contributed by atoms with Gasteiger partial charge in [0.2, 0.25) is 0 Å². The van der Waals surface area contributed by atoms with E-state index in [2.05, 4.69) is 16.0 Å². The minimum absolute atomic E-state index is 0.00618.